The first kappa shape index (κ1) is 6.51. The molecule has 0 rings (SSSR count). The van der Waals surface area contributed by atoms with Crippen molar-refractivity contribution in [3.8, 4) is 12.3 Å². The Morgan fingerprint density at radius 3 is 2.75 bits per heavy atom. The summed E-state index contributed by atoms with van der Waals surface area (Å²) in [6.45, 7) is 8.29. The van der Waals surface area contributed by atoms with E-state index >= 15 is 0 Å². The van der Waals surface area contributed by atoms with Crippen molar-refractivity contribution in [2.45, 2.75) is 0 Å². The van der Waals surface area contributed by atoms with Gasteiger partial charge in [0.2, 0.25) is 5.73 Å². The fraction of sp³-hybridized carbons (Fsp3) is 0. The van der Waals surface area contributed by atoms with Gasteiger partial charge in [0.15, 0.2) is 5.73 Å². The van der Waals surface area contributed by atoms with Crippen LogP contribution in [0.1, 0.15) is 0 Å². The molecule has 0 aromatic carbocycles. The lowest BCUT2D eigenvalue weighted by atomic mass is 10.3. The SMILES string of the molecule is C#CC(=C)C=C=C=[CH+]. The molecule has 0 atom stereocenters. The summed E-state index contributed by atoms with van der Waals surface area (Å²) >= 11 is 0. The van der Waals surface area contributed by atoms with Crippen molar-refractivity contribution >= 4 is 0 Å². The second kappa shape index (κ2) is 3.69. The minimum atomic E-state index is 0.544. The molecule has 0 amide bonds. The highest BCUT2D eigenvalue weighted by molar-refractivity contribution is 5.32. The maximum atomic E-state index is 4.92. The summed E-state index contributed by atoms with van der Waals surface area (Å²) < 4.78 is 0. The Hall–Kier alpha value is -1.49. The van der Waals surface area contributed by atoms with Gasteiger partial charge in [-0.1, -0.05) is 12.5 Å². The summed E-state index contributed by atoms with van der Waals surface area (Å²) in [5.41, 5.74) is 5.18. The molecule has 0 aliphatic rings. The quantitative estimate of drug-likeness (QED) is 0.203. The zero-order chi connectivity index (χ0) is 6.41. The topological polar surface area (TPSA) is 0 Å². The maximum Gasteiger partial charge on any atom is 0.212 e. The lowest BCUT2D eigenvalue weighted by Gasteiger charge is -1.67. The molecule has 0 radical (unpaired) electrons. The molecule has 0 heteroatoms. The fourth-order valence-electron chi connectivity index (χ4n) is 0.170. The van der Waals surface area contributed by atoms with Crippen molar-refractivity contribution in [3.05, 3.63) is 36.3 Å². The van der Waals surface area contributed by atoms with Crippen molar-refractivity contribution in [1.29, 1.82) is 0 Å². The molecular weight excluding hydrogens is 96.1 g/mol. The Balaban J connectivity index is 4.17. The van der Waals surface area contributed by atoms with Crippen LogP contribution in [0.15, 0.2) is 29.7 Å². The van der Waals surface area contributed by atoms with E-state index in [-0.39, 0.29) is 0 Å². The summed E-state index contributed by atoms with van der Waals surface area (Å²) in [6, 6.07) is 0. The van der Waals surface area contributed by atoms with Gasteiger partial charge in [-0.15, -0.1) is 6.42 Å². The van der Waals surface area contributed by atoms with Crippen LogP contribution in [0, 0.1) is 18.9 Å². The summed E-state index contributed by atoms with van der Waals surface area (Å²) in [6.07, 6.45) is 6.41. The third-order valence-corrected chi connectivity index (χ3v) is 0.515. The smallest absolute Gasteiger partial charge is 0.115 e. The molecule has 0 saturated carbocycles. The van der Waals surface area contributed by atoms with E-state index in [1.807, 2.05) is 0 Å². The minimum Gasteiger partial charge on any atom is -0.115 e. The number of rotatable bonds is 1. The lowest BCUT2D eigenvalue weighted by Crippen LogP contribution is -1.58. The second-order valence-electron chi connectivity index (χ2n) is 1.10. The largest absolute Gasteiger partial charge is 0.212 e. The van der Waals surface area contributed by atoms with Gasteiger partial charge in [0, 0.05) is 5.57 Å². The van der Waals surface area contributed by atoms with Crippen LogP contribution in [0.2, 0.25) is 0 Å². The van der Waals surface area contributed by atoms with Gasteiger partial charge >= 0.3 is 0 Å². The molecule has 0 aromatic heterocycles. The van der Waals surface area contributed by atoms with Crippen molar-refractivity contribution in [2.75, 3.05) is 0 Å². The third-order valence-electron chi connectivity index (χ3n) is 0.515. The molecular formula is C8H5+. The summed E-state index contributed by atoms with van der Waals surface area (Å²) in [5.74, 6) is 2.29. The highest BCUT2D eigenvalue weighted by atomic mass is 13.7. The van der Waals surface area contributed by atoms with Gasteiger partial charge < -0.3 is 0 Å². The van der Waals surface area contributed by atoms with Crippen LogP contribution in [-0.4, -0.2) is 0 Å². The van der Waals surface area contributed by atoms with E-state index in [4.69, 9.17) is 13.0 Å². The summed E-state index contributed by atoms with van der Waals surface area (Å²) in [4.78, 5) is 0. The van der Waals surface area contributed by atoms with Crippen molar-refractivity contribution in [2.24, 2.45) is 0 Å². The maximum absolute atomic E-state index is 4.92. The normalized spacial score (nSPS) is 5.25. The molecule has 0 heterocycles. The van der Waals surface area contributed by atoms with Crippen molar-refractivity contribution in [3.63, 3.8) is 0 Å². The summed E-state index contributed by atoms with van der Waals surface area (Å²) in [7, 11) is 0. The minimum absolute atomic E-state index is 0.544. The average molecular weight is 101 g/mol. The van der Waals surface area contributed by atoms with E-state index in [0.717, 1.165) is 0 Å². The van der Waals surface area contributed by atoms with Crippen LogP contribution in [0.3, 0.4) is 0 Å². The van der Waals surface area contributed by atoms with Gasteiger partial charge in [-0.2, -0.15) is 0 Å². The average Bonchev–Trinajstić information content (AvgIpc) is 1.83. The Morgan fingerprint density at radius 2 is 2.38 bits per heavy atom. The van der Waals surface area contributed by atoms with Crippen LogP contribution in [0.5, 0.6) is 0 Å². The third kappa shape index (κ3) is 2.73. The molecule has 0 aliphatic carbocycles. The van der Waals surface area contributed by atoms with E-state index in [2.05, 4.69) is 24.0 Å². The molecule has 0 bridgehead atoms. The van der Waals surface area contributed by atoms with Gasteiger partial charge in [-0.3, -0.25) is 0 Å². The summed E-state index contributed by atoms with van der Waals surface area (Å²) in [5, 5.41) is 0. The molecule has 0 saturated heterocycles. The first-order valence-electron chi connectivity index (χ1n) is 2.01. The first-order chi connectivity index (χ1) is 3.81. The number of allylic oxidation sites excluding steroid dienone is 2. The molecule has 0 unspecified atom stereocenters. The van der Waals surface area contributed by atoms with Crippen molar-refractivity contribution < 1.29 is 0 Å². The molecule has 0 aromatic rings. The van der Waals surface area contributed by atoms with Gasteiger partial charge in [0.25, 0.3) is 0 Å². The number of terminal acetylenes is 1. The molecule has 36 valence electrons. The van der Waals surface area contributed by atoms with E-state index < -0.39 is 0 Å². The molecule has 0 spiro atoms. The fourth-order valence-corrected chi connectivity index (χ4v) is 0.170. The first-order valence-corrected chi connectivity index (χ1v) is 2.01. The van der Waals surface area contributed by atoms with Crippen LogP contribution in [0.4, 0.5) is 0 Å². The monoisotopic (exact) mass is 101 g/mol. The van der Waals surface area contributed by atoms with Crippen LogP contribution < -0.4 is 0 Å². The zero-order valence-corrected chi connectivity index (χ0v) is 4.44. The Labute approximate surface area is 49.5 Å². The van der Waals surface area contributed by atoms with Gasteiger partial charge in [0.1, 0.15) is 12.7 Å². The Bertz CT molecular complexity index is 201. The predicted octanol–water partition coefficient (Wildman–Crippen LogP) is 1.48. The van der Waals surface area contributed by atoms with Crippen LogP contribution >= 0.6 is 0 Å². The standard InChI is InChI=1S/C8H5/c1-4-6-7-8(3)5-2/h1-2,7H,3H2/q+1. The molecule has 0 fully saturated rings. The lowest BCUT2D eigenvalue weighted by molar-refractivity contribution is 1.87. The van der Waals surface area contributed by atoms with Crippen molar-refractivity contribution in [1.82, 2.24) is 0 Å². The zero-order valence-electron chi connectivity index (χ0n) is 4.44. The van der Waals surface area contributed by atoms with E-state index in [1.54, 1.807) is 0 Å². The molecule has 0 aliphatic heterocycles. The van der Waals surface area contributed by atoms with Gasteiger partial charge in [0.05, 0.1) is 0 Å². The van der Waals surface area contributed by atoms with Gasteiger partial charge in [-0.05, 0) is 0 Å². The number of hydrogen-bond acceptors (Lipinski definition) is 0. The Morgan fingerprint density at radius 1 is 1.75 bits per heavy atom. The number of hydrogen-bond donors (Lipinski definition) is 0. The van der Waals surface area contributed by atoms with Crippen LogP contribution in [0.25, 0.3) is 0 Å². The predicted molar refractivity (Wildman–Crippen MR) is 33.9 cm³/mol. The Kier molecular flexibility index (Phi) is 3.00. The molecule has 0 N–H and O–H groups in total. The van der Waals surface area contributed by atoms with Gasteiger partial charge in [-0.25, -0.2) is 0 Å². The van der Waals surface area contributed by atoms with Crippen LogP contribution in [-0.2, 0) is 0 Å². The van der Waals surface area contributed by atoms with E-state index in [0.29, 0.717) is 5.57 Å². The van der Waals surface area contributed by atoms with E-state index in [1.165, 1.54) is 6.08 Å². The highest BCUT2D eigenvalue weighted by Crippen LogP contribution is 1.83. The molecule has 0 nitrogen and oxygen atoms in total. The second-order valence-corrected chi connectivity index (χ2v) is 1.10. The highest BCUT2D eigenvalue weighted by Gasteiger charge is 1.75. The van der Waals surface area contributed by atoms with E-state index in [9.17, 15) is 0 Å². The molecule has 8 heavy (non-hydrogen) atoms.